The number of carbonyl (C=O) groups excluding carboxylic acids is 2. The molecule has 29 heavy (non-hydrogen) atoms. The number of amides is 2. The van der Waals surface area contributed by atoms with Crippen molar-refractivity contribution in [3.8, 4) is 5.75 Å². The first-order valence-corrected chi connectivity index (χ1v) is 10.2. The minimum Gasteiger partial charge on any atom is -0.495 e. The minimum atomic E-state index is -0.168. The monoisotopic (exact) mass is 393 g/mol. The number of hydrogen-bond donors (Lipinski definition) is 0. The number of methoxy groups -OCH3 is 1. The van der Waals surface area contributed by atoms with Gasteiger partial charge in [-0.25, -0.2) is 0 Å². The molecule has 2 aromatic carbocycles. The van der Waals surface area contributed by atoms with Gasteiger partial charge in [-0.05, 0) is 37.6 Å². The molecule has 0 aliphatic carbocycles. The molecule has 0 radical (unpaired) electrons. The Morgan fingerprint density at radius 1 is 0.897 bits per heavy atom. The van der Waals surface area contributed by atoms with Crippen LogP contribution in [0.5, 0.6) is 5.75 Å². The number of fused-ring (bicyclic) bond motifs is 1. The molecular weight excluding hydrogens is 366 g/mol. The summed E-state index contributed by atoms with van der Waals surface area (Å²) in [4.78, 5) is 31.4. The highest BCUT2D eigenvalue weighted by Gasteiger charge is 2.38. The molecule has 4 rings (SSSR count). The van der Waals surface area contributed by atoms with Gasteiger partial charge in [-0.2, -0.15) is 0 Å². The van der Waals surface area contributed by atoms with Crippen molar-refractivity contribution in [1.82, 2.24) is 9.80 Å². The van der Waals surface area contributed by atoms with Gasteiger partial charge in [0.2, 0.25) is 0 Å². The van der Waals surface area contributed by atoms with Crippen LogP contribution in [0.15, 0.2) is 48.5 Å². The minimum absolute atomic E-state index is 0.116. The molecule has 0 N–H and O–H groups in total. The molecule has 1 fully saturated rings. The predicted molar refractivity (Wildman–Crippen MR) is 113 cm³/mol. The average molecular weight is 393 g/mol. The summed E-state index contributed by atoms with van der Waals surface area (Å²) in [7, 11) is 1.70. The topological polar surface area (TPSA) is 53.1 Å². The first-order chi connectivity index (χ1) is 14.1. The van der Waals surface area contributed by atoms with Crippen LogP contribution in [0.2, 0.25) is 0 Å². The van der Waals surface area contributed by atoms with Crippen molar-refractivity contribution in [2.45, 2.75) is 19.4 Å². The van der Waals surface area contributed by atoms with Gasteiger partial charge in [0.05, 0.1) is 23.9 Å². The fourth-order valence-corrected chi connectivity index (χ4v) is 4.21. The number of anilines is 1. The zero-order valence-electron chi connectivity index (χ0n) is 17.0. The molecule has 0 bridgehead atoms. The van der Waals surface area contributed by atoms with Crippen LogP contribution >= 0.6 is 0 Å². The van der Waals surface area contributed by atoms with Gasteiger partial charge in [0.25, 0.3) is 11.8 Å². The largest absolute Gasteiger partial charge is 0.495 e. The Kier molecular flexibility index (Phi) is 5.53. The molecule has 2 heterocycles. The van der Waals surface area contributed by atoms with E-state index in [4.69, 9.17) is 4.74 Å². The Hall–Kier alpha value is -2.86. The maximum Gasteiger partial charge on any atom is 0.261 e. The van der Waals surface area contributed by atoms with Gasteiger partial charge in [-0.15, -0.1) is 0 Å². The average Bonchev–Trinajstić information content (AvgIpc) is 3.03. The van der Waals surface area contributed by atoms with Crippen LogP contribution in [0.25, 0.3) is 0 Å². The van der Waals surface area contributed by atoms with Crippen LogP contribution in [-0.4, -0.2) is 67.5 Å². The van der Waals surface area contributed by atoms with E-state index in [1.165, 1.54) is 4.90 Å². The number of para-hydroxylation sites is 2. The Morgan fingerprint density at radius 3 is 2.10 bits per heavy atom. The molecule has 2 amide bonds. The maximum absolute atomic E-state index is 12.6. The third-order valence-electron chi connectivity index (χ3n) is 5.93. The van der Waals surface area contributed by atoms with Gasteiger partial charge in [-0.3, -0.25) is 19.4 Å². The Labute approximate surface area is 171 Å². The number of hydrogen-bond acceptors (Lipinski definition) is 5. The number of ether oxygens (including phenoxy) is 1. The Bertz CT molecular complexity index is 871. The molecule has 152 valence electrons. The van der Waals surface area contributed by atoms with Gasteiger partial charge in [0.1, 0.15) is 5.75 Å². The summed E-state index contributed by atoms with van der Waals surface area (Å²) < 4.78 is 5.48. The summed E-state index contributed by atoms with van der Waals surface area (Å²) in [6.45, 7) is 6.60. The fraction of sp³-hybridized carbons (Fsp3) is 0.391. The summed E-state index contributed by atoms with van der Waals surface area (Å²) >= 11 is 0. The van der Waals surface area contributed by atoms with Crippen molar-refractivity contribution in [2.24, 2.45) is 0 Å². The van der Waals surface area contributed by atoms with E-state index in [1.807, 2.05) is 25.1 Å². The summed E-state index contributed by atoms with van der Waals surface area (Å²) in [6, 6.07) is 15.1. The first-order valence-electron chi connectivity index (χ1n) is 10.2. The van der Waals surface area contributed by atoms with E-state index in [2.05, 4.69) is 15.9 Å². The van der Waals surface area contributed by atoms with Crippen LogP contribution < -0.4 is 9.64 Å². The molecule has 6 nitrogen and oxygen atoms in total. The quantitative estimate of drug-likeness (QED) is 0.707. The van der Waals surface area contributed by atoms with Crippen molar-refractivity contribution in [3.05, 3.63) is 59.7 Å². The third kappa shape index (κ3) is 3.72. The third-order valence-corrected chi connectivity index (χ3v) is 5.93. The lowest BCUT2D eigenvalue weighted by Crippen LogP contribution is -2.48. The second-order valence-electron chi connectivity index (χ2n) is 7.66. The Morgan fingerprint density at radius 2 is 1.48 bits per heavy atom. The molecule has 2 aliphatic rings. The van der Waals surface area contributed by atoms with E-state index in [0.29, 0.717) is 11.1 Å². The summed E-state index contributed by atoms with van der Waals surface area (Å²) in [5.74, 6) is 0.568. The van der Waals surface area contributed by atoms with Crippen molar-refractivity contribution in [2.75, 3.05) is 44.7 Å². The molecule has 0 spiro atoms. The van der Waals surface area contributed by atoms with Crippen LogP contribution in [0, 0.1) is 0 Å². The van der Waals surface area contributed by atoms with Crippen LogP contribution in [0.3, 0.4) is 0 Å². The number of rotatable bonds is 6. The molecule has 1 saturated heterocycles. The second kappa shape index (κ2) is 8.25. The second-order valence-corrected chi connectivity index (χ2v) is 7.66. The SMILES string of the molecule is COc1ccccc1N1CCN(CCC(C)N2C(=O)c3ccccc3C2=O)CC1. The summed E-state index contributed by atoms with van der Waals surface area (Å²) in [5.41, 5.74) is 2.18. The normalized spacial score (nSPS) is 18.1. The lowest BCUT2D eigenvalue weighted by Gasteiger charge is -2.37. The molecule has 1 atom stereocenters. The molecule has 2 aliphatic heterocycles. The van der Waals surface area contributed by atoms with Gasteiger partial charge in [0.15, 0.2) is 0 Å². The van der Waals surface area contributed by atoms with E-state index < -0.39 is 0 Å². The number of carbonyl (C=O) groups is 2. The molecule has 2 aromatic rings. The highest BCUT2D eigenvalue weighted by Crippen LogP contribution is 2.29. The lowest BCUT2D eigenvalue weighted by molar-refractivity contribution is 0.0580. The van der Waals surface area contributed by atoms with E-state index in [0.717, 1.165) is 50.6 Å². The predicted octanol–water partition coefficient (Wildman–Crippen LogP) is 2.89. The van der Waals surface area contributed by atoms with Crippen molar-refractivity contribution >= 4 is 17.5 Å². The van der Waals surface area contributed by atoms with Crippen LogP contribution in [0.1, 0.15) is 34.1 Å². The molecule has 0 aromatic heterocycles. The molecular formula is C23H27N3O3. The smallest absolute Gasteiger partial charge is 0.261 e. The number of imide groups is 1. The lowest BCUT2D eigenvalue weighted by atomic mass is 10.1. The molecule has 0 saturated carbocycles. The first kappa shape index (κ1) is 19.5. The van der Waals surface area contributed by atoms with Crippen LogP contribution in [-0.2, 0) is 0 Å². The number of benzene rings is 2. The highest BCUT2D eigenvalue weighted by molar-refractivity contribution is 6.21. The van der Waals surface area contributed by atoms with Gasteiger partial charge in [-0.1, -0.05) is 24.3 Å². The van der Waals surface area contributed by atoms with Gasteiger partial charge < -0.3 is 9.64 Å². The van der Waals surface area contributed by atoms with Crippen LogP contribution in [0.4, 0.5) is 5.69 Å². The van der Waals surface area contributed by atoms with Gasteiger partial charge >= 0.3 is 0 Å². The highest BCUT2D eigenvalue weighted by atomic mass is 16.5. The zero-order valence-corrected chi connectivity index (χ0v) is 17.0. The molecule has 1 unspecified atom stereocenters. The van der Waals surface area contributed by atoms with E-state index in [1.54, 1.807) is 31.4 Å². The summed E-state index contributed by atoms with van der Waals surface area (Å²) in [6.07, 6.45) is 0.778. The van der Waals surface area contributed by atoms with Crippen molar-refractivity contribution < 1.29 is 14.3 Å². The number of nitrogens with zero attached hydrogens (tertiary/aromatic N) is 3. The van der Waals surface area contributed by atoms with Crippen molar-refractivity contribution in [1.29, 1.82) is 0 Å². The standard InChI is InChI=1S/C23H27N3O3/c1-17(26-22(27)18-7-3-4-8-19(18)23(26)28)11-12-24-13-15-25(16-14-24)20-9-5-6-10-21(20)29-2/h3-10,17H,11-16H2,1-2H3. The van der Waals surface area contributed by atoms with E-state index in [9.17, 15) is 9.59 Å². The number of piperazine rings is 1. The van der Waals surface area contributed by atoms with Gasteiger partial charge in [0, 0.05) is 38.8 Å². The Balaban J connectivity index is 1.31. The zero-order chi connectivity index (χ0) is 20.4. The van der Waals surface area contributed by atoms with E-state index >= 15 is 0 Å². The maximum atomic E-state index is 12.6. The summed E-state index contributed by atoms with van der Waals surface area (Å²) in [5, 5.41) is 0. The van der Waals surface area contributed by atoms with Crippen molar-refractivity contribution in [3.63, 3.8) is 0 Å². The van der Waals surface area contributed by atoms with E-state index in [-0.39, 0.29) is 17.9 Å². The fourth-order valence-electron chi connectivity index (χ4n) is 4.21. The molecule has 6 heteroatoms.